The minimum atomic E-state index is -3.80. The smallest absolute Gasteiger partial charge is 0.241 e. The van der Waals surface area contributed by atoms with Gasteiger partial charge in [-0.2, -0.15) is 4.72 Å². The largest absolute Gasteiger partial charge is 0.333 e. The van der Waals surface area contributed by atoms with Crippen LogP contribution in [0.15, 0.2) is 89.8 Å². The van der Waals surface area contributed by atoms with Crippen LogP contribution in [0.2, 0.25) is 0 Å². The molecule has 1 atom stereocenters. The minimum Gasteiger partial charge on any atom is -0.333 e. The third-order valence-electron chi connectivity index (χ3n) is 4.78. The summed E-state index contributed by atoms with van der Waals surface area (Å²) in [5, 5.41) is 0. The second kappa shape index (κ2) is 9.69. The second-order valence-electron chi connectivity index (χ2n) is 7.32. The lowest BCUT2D eigenvalue weighted by Crippen LogP contribution is -2.46. The zero-order valence-electron chi connectivity index (χ0n) is 17.2. The predicted octanol–water partition coefficient (Wildman–Crippen LogP) is 3.89. The summed E-state index contributed by atoms with van der Waals surface area (Å²) in [6, 6.07) is 25.0. The van der Waals surface area contributed by atoms with E-state index in [0.29, 0.717) is 13.1 Å². The molecule has 3 aromatic rings. The summed E-state index contributed by atoms with van der Waals surface area (Å²) in [5.74, 6) is -0.279. The van der Waals surface area contributed by atoms with Crippen molar-refractivity contribution in [2.24, 2.45) is 0 Å². The lowest BCUT2D eigenvalue weighted by molar-refractivity contribution is -0.133. The van der Waals surface area contributed by atoms with Crippen LogP contribution in [0.4, 0.5) is 0 Å². The SMILES string of the molecule is Cc1ccc(S(=O)(=O)N[C@H](C)C(=O)N(Cc2ccccc2)Cc2ccccc2)cc1. The number of benzene rings is 3. The van der Waals surface area contributed by atoms with Gasteiger partial charge in [0.2, 0.25) is 15.9 Å². The van der Waals surface area contributed by atoms with E-state index >= 15 is 0 Å². The number of aryl methyl sites for hydroxylation is 1. The number of hydrogen-bond acceptors (Lipinski definition) is 3. The molecule has 1 N–H and O–H groups in total. The van der Waals surface area contributed by atoms with Crippen LogP contribution in [0.3, 0.4) is 0 Å². The van der Waals surface area contributed by atoms with Gasteiger partial charge < -0.3 is 4.90 Å². The van der Waals surface area contributed by atoms with Gasteiger partial charge in [0.1, 0.15) is 0 Å². The van der Waals surface area contributed by atoms with E-state index in [0.717, 1.165) is 16.7 Å². The molecule has 0 bridgehead atoms. The van der Waals surface area contributed by atoms with Crippen LogP contribution in [0, 0.1) is 6.92 Å². The summed E-state index contributed by atoms with van der Waals surface area (Å²) < 4.78 is 28.0. The standard InChI is InChI=1S/C24H26N2O3S/c1-19-13-15-23(16-14-19)30(28,29)25-20(2)24(27)26(17-21-9-5-3-6-10-21)18-22-11-7-4-8-12-22/h3-16,20,25H,17-18H2,1-2H3/t20-/m1/s1. The minimum absolute atomic E-state index is 0.144. The number of carbonyl (C=O) groups is 1. The first kappa shape index (κ1) is 21.7. The molecule has 0 aliphatic carbocycles. The van der Waals surface area contributed by atoms with Crippen molar-refractivity contribution < 1.29 is 13.2 Å². The van der Waals surface area contributed by atoms with E-state index < -0.39 is 16.1 Å². The Morgan fingerprint density at radius 3 is 1.77 bits per heavy atom. The molecule has 3 rings (SSSR count). The maximum absolute atomic E-state index is 13.2. The molecule has 0 heterocycles. The van der Waals surface area contributed by atoms with Gasteiger partial charge in [-0.25, -0.2) is 8.42 Å². The van der Waals surface area contributed by atoms with Gasteiger partial charge in [0, 0.05) is 13.1 Å². The number of amides is 1. The van der Waals surface area contributed by atoms with Crippen molar-refractivity contribution in [2.75, 3.05) is 0 Å². The maximum atomic E-state index is 13.2. The quantitative estimate of drug-likeness (QED) is 0.599. The van der Waals surface area contributed by atoms with Crippen molar-refractivity contribution in [3.8, 4) is 0 Å². The molecule has 0 saturated heterocycles. The van der Waals surface area contributed by atoms with Gasteiger partial charge >= 0.3 is 0 Å². The normalized spacial score (nSPS) is 12.3. The van der Waals surface area contributed by atoms with E-state index in [4.69, 9.17) is 0 Å². The molecular formula is C24H26N2O3S. The Morgan fingerprint density at radius 1 is 0.833 bits per heavy atom. The molecule has 156 valence electrons. The molecule has 0 aliphatic heterocycles. The molecule has 3 aromatic carbocycles. The molecule has 0 fully saturated rings. The van der Waals surface area contributed by atoms with Gasteiger partial charge in [-0.3, -0.25) is 4.79 Å². The number of nitrogens with zero attached hydrogens (tertiary/aromatic N) is 1. The fourth-order valence-corrected chi connectivity index (χ4v) is 4.36. The van der Waals surface area contributed by atoms with Crippen LogP contribution in [0.5, 0.6) is 0 Å². The summed E-state index contributed by atoms with van der Waals surface area (Å²) in [6.07, 6.45) is 0. The van der Waals surface area contributed by atoms with Crippen LogP contribution in [-0.2, 0) is 27.9 Å². The van der Waals surface area contributed by atoms with E-state index in [2.05, 4.69) is 4.72 Å². The van der Waals surface area contributed by atoms with Crippen molar-refractivity contribution >= 4 is 15.9 Å². The first-order valence-corrected chi connectivity index (χ1v) is 11.3. The monoisotopic (exact) mass is 422 g/mol. The Labute approximate surface area is 178 Å². The van der Waals surface area contributed by atoms with E-state index in [9.17, 15) is 13.2 Å². The van der Waals surface area contributed by atoms with Crippen LogP contribution < -0.4 is 4.72 Å². The maximum Gasteiger partial charge on any atom is 0.241 e. The Hall–Kier alpha value is -2.96. The molecule has 0 radical (unpaired) electrons. The third kappa shape index (κ3) is 5.78. The number of hydrogen-bond donors (Lipinski definition) is 1. The molecule has 0 spiro atoms. The van der Waals surface area contributed by atoms with Gasteiger partial charge in [-0.05, 0) is 37.1 Å². The number of nitrogens with one attached hydrogen (secondary N) is 1. The van der Waals surface area contributed by atoms with E-state index in [1.54, 1.807) is 36.1 Å². The van der Waals surface area contributed by atoms with Crippen molar-refractivity contribution in [1.82, 2.24) is 9.62 Å². The van der Waals surface area contributed by atoms with Gasteiger partial charge in [0.25, 0.3) is 0 Å². The first-order chi connectivity index (χ1) is 14.3. The lowest BCUT2D eigenvalue weighted by Gasteiger charge is -2.26. The zero-order chi connectivity index (χ0) is 21.6. The number of sulfonamides is 1. The van der Waals surface area contributed by atoms with E-state index in [-0.39, 0.29) is 10.8 Å². The van der Waals surface area contributed by atoms with Crippen LogP contribution in [0.1, 0.15) is 23.6 Å². The van der Waals surface area contributed by atoms with Gasteiger partial charge in [0.15, 0.2) is 0 Å². The molecule has 30 heavy (non-hydrogen) atoms. The van der Waals surface area contributed by atoms with Crippen LogP contribution >= 0.6 is 0 Å². The topological polar surface area (TPSA) is 66.5 Å². The molecular weight excluding hydrogens is 396 g/mol. The average Bonchev–Trinajstić information content (AvgIpc) is 2.74. The highest BCUT2D eigenvalue weighted by Gasteiger charge is 2.26. The molecule has 1 amide bonds. The van der Waals surface area contributed by atoms with E-state index in [1.165, 1.54) is 0 Å². The molecule has 0 unspecified atom stereocenters. The molecule has 0 aliphatic rings. The zero-order valence-corrected chi connectivity index (χ0v) is 18.0. The Morgan fingerprint density at radius 2 is 1.30 bits per heavy atom. The van der Waals surface area contributed by atoms with Crippen molar-refractivity contribution in [3.63, 3.8) is 0 Å². The fourth-order valence-electron chi connectivity index (χ4n) is 3.16. The van der Waals surface area contributed by atoms with Crippen molar-refractivity contribution in [3.05, 3.63) is 102 Å². The summed E-state index contributed by atoms with van der Waals surface area (Å²) in [7, 11) is -3.80. The second-order valence-corrected chi connectivity index (χ2v) is 9.04. The summed E-state index contributed by atoms with van der Waals surface area (Å²) in [4.78, 5) is 15.0. The molecule has 6 heteroatoms. The Balaban J connectivity index is 1.79. The summed E-state index contributed by atoms with van der Waals surface area (Å²) in [6.45, 7) is 4.26. The Kier molecular flexibility index (Phi) is 7.03. The molecule has 0 saturated carbocycles. The fraction of sp³-hybridized carbons (Fsp3) is 0.208. The van der Waals surface area contributed by atoms with Gasteiger partial charge in [-0.1, -0.05) is 78.4 Å². The number of rotatable bonds is 8. The van der Waals surface area contributed by atoms with Crippen molar-refractivity contribution in [2.45, 2.75) is 37.9 Å². The highest BCUT2D eigenvalue weighted by atomic mass is 32.2. The van der Waals surface area contributed by atoms with Gasteiger partial charge in [-0.15, -0.1) is 0 Å². The molecule has 5 nitrogen and oxygen atoms in total. The number of carbonyl (C=O) groups excluding carboxylic acids is 1. The highest BCUT2D eigenvalue weighted by molar-refractivity contribution is 7.89. The Bertz CT molecular complexity index is 1020. The van der Waals surface area contributed by atoms with E-state index in [1.807, 2.05) is 67.6 Å². The predicted molar refractivity (Wildman–Crippen MR) is 118 cm³/mol. The molecule has 0 aromatic heterocycles. The van der Waals surface area contributed by atoms with Gasteiger partial charge in [0.05, 0.1) is 10.9 Å². The lowest BCUT2D eigenvalue weighted by atomic mass is 10.1. The average molecular weight is 423 g/mol. The van der Waals surface area contributed by atoms with Crippen molar-refractivity contribution in [1.29, 1.82) is 0 Å². The first-order valence-electron chi connectivity index (χ1n) is 9.81. The van der Waals surface area contributed by atoms with Crippen LogP contribution in [-0.4, -0.2) is 25.3 Å². The summed E-state index contributed by atoms with van der Waals surface area (Å²) >= 11 is 0. The third-order valence-corrected chi connectivity index (χ3v) is 6.33. The highest BCUT2D eigenvalue weighted by Crippen LogP contribution is 2.14. The van der Waals surface area contributed by atoms with Crippen LogP contribution in [0.25, 0.3) is 0 Å². The summed E-state index contributed by atoms with van der Waals surface area (Å²) in [5.41, 5.74) is 2.93.